The van der Waals surface area contributed by atoms with Gasteiger partial charge in [-0.2, -0.15) is 0 Å². The second kappa shape index (κ2) is 10.7. The molecule has 8 nitrogen and oxygen atoms in total. The summed E-state index contributed by atoms with van der Waals surface area (Å²) < 4.78 is 1.44. The first kappa shape index (κ1) is 27.0. The SMILES string of the molecule is Cc1cccc(NC(=O)Cn2c3c(sc2=O)[C@@H](c2ccc(N(C)C)cc2)[C@@H]2C(=O)N(c4ccccc4)C(=O)[C@@H]2S3)c1. The maximum atomic E-state index is 14.0. The van der Waals surface area contributed by atoms with Gasteiger partial charge >= 0.3 is 4.87 Å². The van der Waals surface area contributed by atoms with E-state index in [2.05, 4.69) is 5.32 Å². The second-order valence-corrected chi connectivity index (χ2v) is 12.5. The normalized spacial score (nSPS) is 19.6. The Morgan fingerprint density at radius 1 is 0.927 bits per heavy atom. The number of thioether (sulfide) groups is 1. The summed E-state index contributed by atoms with van der Waals surface area (Å²) in [6.45, 7) is 1.74. The standard InChI is InChI=1S/C31H28N4O4S2/c1-18-8-7-9-20(16-18)32-23(36)17-34-30-27(41-31(34)39)24(19-12-14-21(15-13-19)33(2)3)25-26(40-30)29(38)35(28(25)37)22-10-5-4-6-11-22/h4-16,24-26H,17H2,1-3H3,(H,32,36)/t24-,25-,26+/m0/s1. The highest BCUT2D eigenvalue weighted by molar-refractivity contribution is 8.00. The van der Waals surface area contributed by atoms with Crippen LogP contribution in [0, 0.1) is 12.8 Å². The lowest BCUT2D eigenvalue weighted by Gasteiger charge is -2.31. The minimum Gasteiger partial charge on any atom is -0.378 e. The Morgan fingerprint density at radius 3 is 2.34 bits per heavy atom. The van der Waals surface area contributed by atoms with Gasteiger partial charge in [-0.3, -0.25) is 23.7 Å². The molecule has 0 spiro atoms. The van der Waals surface area contributed by atoms with Crippen LogP contribution in [0.25, 0.3) is 0 Å². The molecule has 6 rings (SSSR count). The molecule has 2 aliphatic heterocycles. The first-order valence-electron chi connectivity index (χ1n) is 13.2. The summed E-state index contributed by atoms with van der Waals surface area (Å²) in [5.41, 5.74) is 4.02. The Labute approximate surface area is 245 Å². The Balaban J connectivity index is 1.41. The third kappa shape index (κ3) is 4.87. The molecule has 0 aliphatic carbocycles. The molecule has 2 aliphatic rings. The van der Waals surface area contributed by atoms with Crippen molar-refractivity contribution in [3.63, 3.8) is 0 Å². The second-order valence-electron chi connectivity index (χ2n) is 10.4. The first-order chi connectivity index (χ1) is 19.7. The minimum absolute atomic E-state index is 0.195. The first-order valence-corrected chi connectivity index (χ1v) is 14.9. The molecule has 41 heavy (non-hydrogen) atoms. The molecule has 0 unspecified atom stereocenters. The van der Waals surface area contributed by atoms with E-state index in [0.29, 0.717) is 21.3 Å². The van der Waals surface area contributed by atoms with Crippen LogP contribution in [0.2, 0.25) is 0 Å². The number of amides is 3. The molecular weight excluding hydrogens is 556 g/mol. The van der Waals surface area contributed by atoms with Crippen LogP contribution < -0.4 is 20.0 Å². The number of anilines is 3. The Kier molecular flexibility index (Phi) is 7.04. The van der Waals surface area contributed by atoms with E-state index in [0.717, 1.165) is 28.2 Å². The lowest BCUT2D eigenvalue weighted by atomic mass is 9.83. The van der Waals surface area contributed by atoms with E-state index in [9.17, 15) is 19.2 Å². The lowest BCUT2D eigenvalue weighted by Crippen LogP contribution is -2.33. The van der Waals surface area contributed by atoms with E-state index < -0.39 is 17.1 Å². The Morgan fingerprint density at radius 2 is 1.66 bits per heavy atom. The van der Waals surface area contributed by atoms with Crippen LogP contribution in [0.15, 0.2) is 88.7 Å². The number of hydrogen-bond donors (Lipinski definition) is 1. The number of para-hydroxylation sites is 1. The van der Waals surface area contributed by atoms with Crippen molar-refractivity contribution in [2.45, 2.75) is 29.7 Å². The van der Waals surface area contributed by atoms with Gasteiger partial charge in [0.2, 0.25) is 17.7 Å². The number of imide groups is 1. The molecule has 1 saturated heterocycles. The number of nitrogens with zero attached hydrogens (tertiary/aromatic N) is 3. The molecule has 0 saturated carbocycles. The molecule has 0 radical (unpaired) electrons. The van der Waals surface area contributed by atoms with Crippen LogP contribution in [-0.2, 0) is 20.9 Å². The van der Waals surface area contributed by atoms with Gasteiger partial charge in [0.25, 0.3) is 0 Å². The monoisotopic (exact) mass is 584 g/mol. The van der Waals surface area contributed by atoms with Crippen molar-refractivity contribution in [1.82, 2.24) is 4.57 Å². The maximum Gasteiger partial charge on any atom is 0.308 e. The van der Waals surface area contributed by atoms with Gasteiger partial charge in [-0.1, -0.05) is 65.6 Å². The van der Waals surface area contributed by atoms with E-state index in [-0.39, 0.29) is 29.1 Å². The largest absolute Gasteiger partial charge is 0.378 e. The predicted molar refractivity (Wildman–Crippen MR) is 163 cm³/mol. The van der Waals surface area contributed by atoms with Crippen LogP contribution >= 0.6 is 23.1 Å². The van der Waals surface area contributed by atoms with E-state index in [1.807, 2.05) is 74.4 Å². The molecule has 3 amide bonds. The van der Waals surface area contributed by atoms with Gasteiger partial charge in [0.05, 0.1) is 16.6 Å². The quantitative estimate of drug-likeness (QED) is 0.330. The van der Waals surface area contributed by atoms with Crippen molar-refractivity contribution in [2.24, 2.45) is 5.92 Å². The van der Waals surface area contributed by atoms with Gasteiger partial charge in [0, 0.05) is 36.3 Å². The van der Waals surface area contributed by atoms with Gasteiger partial charge in [-0.15, -0.1) is 0 Å². The number of aryl methyl sites for hydroxylation is 1. The summed E-state index contributed by atoms with van der Waals surface area (Å²) in [5.74, 6) is -2.12. The number of nitrogens with one attached hydrogen (secondary N) is 1. The number of thiazole rings is 1. The van der Waals surface area contributed by atoms with Gasteiger partial charge < -0.3 is 10.2 Å². The third-order valence-electron chi connectivity index (χ3n) is 7.44. The highest BCUT2D eigenvalue weighted by Gasteiger charge is 2.56. The zero-order valence-corrected chi connectivity index (χ0v) is 24.4. The number of aromatic nitrogens is 1. The minimum atomic E-state index is -0.728. The fraction of sp³-hybridized carbons (Fsp3) is 0.226. The predicted octanol–water partition coefficient (Wildman–Crippen LogP) is 4.72. The van der Waals surface area contributed by atoms with E-state index >= 15 is 0 Å². The zero-order valence-electron chi connectivity index (χ0n) is 22.7. The van der Waals surface area contributed by atoms with Crippen molar-refractivity contribution in [1.29, 1.82) is 0 Å². The van der Waals surface area contributed by atoms with Crippen molar-refractivity contribution in [3.8, 4) is 0 Å². The molecule has 1 fully saturated rings. The van der Waals surface area contributed by atoms with Crippen LogP contribution in [0.4, 0.5) is 17.1 Å². The van der Waals surface area contributed by atoms with Gasteiger partial charge in [0.15, 0.2) is 0 Å². The van der Waals surface area contributed by atoms with Gasteiger partial charge in [-0.05, 0) is 54.4 Å². The molecule has 0 bridgehead atoms. The highest BCUT2D eigenvalue weighted by Crippen LogP contribution is 2.54. The molecule has 3 atom stereocenters. The summed E-state index contributed by atoms with van der Waals surface area (Å²) in [5, 5.41) is 2.71. The number of rotatable bonds is 6. The average molecular weight is 585 g/mol. The summed E-state index contributed by atoms with van der Waals surface area (Å²) in [6.07, 6.45) is 0. The van der Waals surface area contributed by atoms with Crippen LogP contribution in [0.3, 0.4) is 0 Å². The number of benzene rings is 3. The average Bonchev–Trinajstić information content (AvgIpc) is 3.39. The van der Waals surface area contributed by atoms with Crippen LogP contribution in [-0.4, -0.2) is 41.6 Å². The maximum absolute atomic E-state index is 14.0. The number of fused-ring (bicyclic) bond motifs is 2. The highest BCUT2D eigenvalue weighted by atomic mass is 32.2. The van der Waals surface area contributed by atoms with Crippen LogP contribution in [0.1, 0.15) is 21.9 Å². The Hall–Kier alpha value is -4.15. The van der Waals surface area contributed by atoms with Crippen LogP contribution in [0.5, 0.6) is 0 Å². The van der Waals surface area contributed by atoms with Gasteiger partial charge in [0.1, 0.15) is 11.8 Å². The zero-order chi connectivity index (χ0) is 28.8. The summed E-state index contributed by atoms with van der Waals surface area (Å²) in [7, 11) is 3.90. The topological polar surface area (TPSA) is 91.7 Å². The lowest BCUT2D eigenvalue weighted by molar-refractivity contribution is -0.122. The molecule has 208 valence electrons. The summed E-state index contributed by atoms with van der Waals surface area (Å²) in [6, 6.07) is 24.2. The third-order valence-corrected chi connectivity index (χ3v) is 10.0. The number of carbonyl (C=O) groups excluding carboxylic acids is 3. The van der Waals surface area contributed by atoms with E-state index in [1.54, 1.807) is 30.3 Å². The Bertz CT molecular complexity index is 1710. The molecule has 4 aromatic rings. The van der Waals surface area contributed by atoms with Crippen molar-refractivity contribution < 1.29 is 14.4 Å². The molecule has 3 aromatic carbocycles. The van der Waals surface area contributed by atoms with Gasteiger partial charge in [-0.25, -0.2) is 4.90 Å². The van der Waals surface area contributed by atoms with E-state index in [1.165, 1.54) is 21.2 Å². The van der Waals surface area contributed by atoms with Crippen molar-refractivity contribution in [2.75, 3.05) is 29.2 Å². The molecule has 3 heterocycles. The summed E-state index contributed by atoms with van der Waals surface area (Å²) in [4.78, 5) is 57.8. The summed E-state index contributed by atoms with van der Waals surface area (Å²) >= 11 is 2.26. The van der Waals surface area contributed by atoms with Crippen molar-refractivity contribution in [3.05, 3.63) is 105 Å². The molecule has 1 N–H and O–H groups in total. The number of carbonyl (C=O) groups is 3. The fourth-order valence-corrected chi connectivity index (χ4v) is 8.27. The number of hydrogen-bond acceptors (Lipinski definition) is 7. The fourth-order valence-electron chi connectivity index (χ4n) is 5.49. The molecule has 10 heteroatoms. The molecular formula is C31H28N4O4S2. The molecule has 1 aromatic heterocycles. The van der Waals surface area contributed by atoms with Crippen molar-refractivity contribution >= 4 is 57.9 Å². The smallest absolute Gasteiger partial charge is 0.308 e. The van der Waals surface area contributed by atoms with E-state index in [4.69, 9.17) is 0 Å².